The molecule has 0 saturated carbocycles. The predicted molar refractivity (Wildman–Crippen MR) is 78.3 cm³/mol. The third-order valence-electron chi connectivity index (χ3n) is 3.54. The Bertz CT molecular complexity index is 597. The summed E-state index contributed by atoms with van der Waals surface area (Å²) in [5.41, 5.74) is 10.7. The van der Waals surface area contributed by atoms with Crippen molar-refractivity contribution in [3.8, 4) is 0 Å². The molecule has 1 aliphatic heterocycles. The second-order valence-corrected chi connectivity index (χ2v) is 4.93. The Labute approximate surface area is 114 Å². The Hall–Kier alpha value is -2.06. The molecule has 19 heavy (non-hydrogen) atoms. The highest BCUT2D eigenvalue weighted by atomic mass is 14.9. The minimum atomic E-state index is 0.0777. The minimum Gasteiger partial charge on any atom is -0.380 e. The summed E-state index contributed by atoms with van der Waals surface area (Å²) in [6, 6.07) is 18.2. The van der Waals surface area contributed by atoms with Crippen LogP contribution in [0.5, 0.6) is 0 Å². The Kier molecular flexibility index (Phi) is 3.10. The molecular formula is C17H17N2. The van der Waals surface area contributed by atoms with E-state index >= 15 is 0 Å². The van der Waals surface area contributed by atoms with Crippen LogP contribution in [0.15, 0.2) is 48.7 Å². The normalized spacial score (nSPS) is 18.5. The number of fused-ring (bicyclic) bond motifs is 1. The summed E-state index contributed by atoms with van der Waals surface area (Å²) < 4.78 is 0. The van der Waals surface area contributed by atoms with Gasteiger partial charge >= 0.3 is 0 Å². The van der Waals surface area contributed by atoms with Gasteiger partial charge in [-0.3, -0.25) is 0 Å². The second kappa shape index (κ2) is 4.90. The van der Waals surface area contributed by atoms with Crippen LogP contribution in [0.3, 0.4) is 0 Å². The van der Waals surface area contributed by atoms with Crippen molar-refractivity contribution in [1.82, 2.24) is 5.32 Å². The van der Waals surface area contributed by atoms with E-state index in [1.165, 1.54) is 11.1 Å². The van der Waals surface area contributed by atoms with Crippen molar-refractivity contribution in [3.63, 3.8) is 0 Å². The van der Waals surface area contributed by atoms with E-state index in [9.17, 15) is 0 Å². The number of hydrogen-bond acceptors (Lipinski definition) is 2. The van der Waals surface area contributed by atoms with E-state index in [4.69, 9.17) is 5.73 Å². The summed E-state index contributed by atoms with van der Waals surface area (Å²) >= 11 is 0. The van der Waals surface area contributed by atoms with Crippen LogP contribution in [0, 0.1) is 6.07 Å². The third-order valence-corrected chi connectivity index (χ3v) is 3.54. The van der Waals surface area contributed by atoms with Crippen molar-refractivity contribution >= 4 is 6.08 Å². The van der Waals surface area contributed by atoms with Crippen LogP contribution in [0.25, 0.3) is 6.08 Å². The maximum Gasteiger partial charge on any atom is 0.0768 e. The average molecular weight is 249 g/mol. The highest BCUT2D eigenvalue weighted by molar-refractivity contribution is 5.58. The van der Waals surface area contributed by atoms with E-state index in [1.54, 1.807) is 0 Å². The van der Waals surface area contributed by atoms with E-state index in [-0.39, 0.29) is 12.1 Å². The third kappa shape index (κ3) is 2.27. The summed E-state index contributed by atoms with van der Waals surface area (Å²) in [6.07, 6.45) is 4.05. The van der Waals surface area contributed by atoms with Gasteiger partial charge in [-0.25, -0.2) is 0 Å². The van der Waals surface area contributed by atoms with Crippen LogP contribution in [-0.4, -0.2) is 0 Å². The quantitative estimate of drug-likeness (QED) is 0.858. The van der Waals surface area contributed by atoms with Crippen molar-refractivity contribution in [3.05, 3.63) is 77.0 Å². The van der Waals surface area contributed by atoms with E-state index in [2.05, 4.69) is 47.8 Å². The Morgan fingerprint density at radius 1 is 1.21 bits per heavy atom. The van der Waals surface area contributed by atoms with Crippen molar-refractivity contribution in [2.75, 3.05) is 0 Å². The minimum absolute atomic E-state index is 0.0777. The lowest BCUT2D eigenvalue weighted by Crippen LogP contribution is -2.20. The van der Waals surface area contributed by atoms with Crippen LogP contribution in [0.2, 0.25) is 0 Å². The molecule has 0 spiro atoms. The number of benzene rings is 2. The predicted octanol–water partition coefficient (Wildman–Crippen LogP) is 3.17. The van der Waals surface area contributed by atoms with Crippen molar-refractivity contribution in [2.24, 2.45) is 5.73 Å². The largest absolute Gasteiger partial charge is 0.380 e. The molecule has 3 N–H and O–H groups in total. The van der Waals surface area contributed by atoms with E-state index in [0.29, 0.717) is 0 Å². The van der Waals surface area contributed by atoms with Gasteiger partial charge in [0.25, 0.3) is 0 Å². The first-order chi connectivity index (χ1) is 9.25. The molecule has 95 valence electrons. The lowest BCUT2D eigenvalue weighted by molar-refractivity contribution is 0.718. The highest BCUT2D eigenvalue weighted by Gasteiger charge is 2.17. The van der Waals surface area contributed by atoms with Crippen molar-refractivity contribution in [1.29, 1.82) is 0 Å². The molecule has 2 aromatic carbocycles. The molecule has 2 atom stereocenters. The summed E-state index contributed by atoms with van der Waals surface area (Å²) in [5, 5.41) is 3.41. The van der Waals surface area contributed by atoms with Crippen molar-refractivity contribution in [2.45, 2.75) is 19.0 Å². The monoisotopic (exact) mass is 249 g/mol. The molecule has 0 aromatic heterocycles. The van der Waals surface area contributed by atoms with E-state index in [1.807, 2.05) is 25.3 Å². The van der Waals surface area contributed by atoms with Gasteiger partial charge in [0.15, 0.2) is 0 Å². The maximum atomic E-state index is 5.89. The van der Waals surface area contributed by atoms with Crippen LogP contribution in [0.4, 0.5) is 0 Å². The molecule has 0 amide bonds. The van der Waals surface area contributed by atoms with Gasteiger partial charge in [-0.2, -0.15) is 0 Å². The Balaban J connectivity index is 1.97. The van der Waals surface area contributed by atoms with Crippen molar-refractivity contribution < 1.29 is 0 Å². The van der Waals surface area contributed by atoms with Crippen LogP contribution >= 0.6 is 0 Å². The fourth-order valence-corrected chi connectivity index (χ4v) is 2.44. The number of nitrogens with one attached hydrogen (secondary N) is 1. The van der Waals surface area contributed by atoms with Gasteiger partial charge in [0.2, 0.25) is 0 Å². The van der Waals surface area contributed by atoms with Gasteiger partial charge in [-0.1, -0.05) is 42.5 Å². The zero-order chi connectivity index (χ0) is 13.2. The molecule has 2 nitrogen and oxygen atoms in total. The Morgan fingerprint density at radius 2 is 2.00 bits per heavy atom. The van der Waals surface area contributed by atoms with Gasteiger partial charge < -0.3 is 11.1 Å². The summed E-state index contributed by atoms with van der Waals surface area (Å²) in [7, 11) is 0. The Morgan fingerprint density at radius 3 is 2.74 bits per heavy atom. The topological polar surface area (TPSA) is 38.0 Å². The molecular weight excluding hydrogens is 232 g/mol. The molecule has 1 heterocycles. The summed E-state index contributed by atoms with van der Waals surface area (Å²) in [5.74, 6) is 0. The molecule has 2 aromatic rings. The fourth-order valence-electron chi connectivity index (χ4n) is 2.44. The standard InChI is InChI=1S/C17H17N2/c1-12(18)13-6-8-15(9-7-13)17-16-5-3-2-4-14(16)10-11-19-17/h2-3,5-12,17,19H,18H2,1H3/t12-,17?/m0/s1. The smallest absolute Gasteiger partial charge is 0.0768 e. The highest BCUT2D eigenvalue weighted by Crippen LogP contribution is 2.29. The molecule has 2 heteroatoms. The molecule has 3 rings (SSSR count). The zero-order valence-electron chi connectivity index (χ0n) is 10.9. The average Bonchev–Trinajstić information content (AvgIpc) is 2.47. The van der Waals surface area contributed by atoms with Gasteiger partial charge in [-0.05, 0) is 47.5 Å². The fraction of sp³-hybridized carbons (Fsp3) is 0.176. The number of hydrogen-bond donors (Lipinski definition) is 2. The van der Waals surface area contributed by atoms with E-state index < -0.39 is 0 Å². The second-order valence-electron chi connectivity index (χ2n) is 4.93. The van der Waals surface area contributed by atoms with E-state index in [0.717, 1.165) is 11.1 Å². The first kappa shape index (κ1) is 12.0. The van der Waals surface area contributed by atoms with Gasteiger partial charge in [-0.15, -0.1) is 0 Å². The molecule has 1 unspecified atom stereocenters. The maximum absolute atomic E-state index is 5.89. The van der Waals surface area contributed by atoms with Gasteiger partial charge in [0.05, 0.1) is 6.04 Å². The summed E-state index contributed by atoms with van der Waals surface area (Å²) in [6.45, 7) is 2.00. The SMILES string of the molecule is C[C@H](N)c1ccc(C2NC=Cc3[c]cccc32)cc1. The van der Waals surface area contributed by atoms with Crippen LogP contribution in [-0.2, 0) is 0 Å². The molecule has 0 bridgehead atoms. The van der Waals surface area contributed by atoms with Crippen LogP contribution in [0.1, 0.15) is 41.3 Å². The van der Waals surface area contributed by atoms with Gasteiger partial charge in [0.1, 0.15) is 0 Å². The molecule has 0 saturated heterocycles. The lowest BCUT2D eigenvalue weighted by Gasteiger charge is -2.24. The van der Waals surface area contributed by atoms with Gasteiger partial charge in [0, 0.05) is 6.04 Å². The zero-order valence-corrected chi connectivity index (χ0v) is 10.9. The first-order valence-electron chi connectivity index (χ1n) is 6.54. The van der Waals surface area contributed by atoms with Crippen LogP contribution < -0.4 is 11.1 Å². The number of rotatable bonds is 2. The molecule has 1 radical (unpaired) electrons. The summed E-state index contributed by atoms with van der Waals surface area (Å²) in [4.78, 5) is 0. The first-order valence-corrected chi connectivity index (χ1v) is 6.54. The molecule has 0 aliphatic carbocycles. The number of nitrogens with two attached hydrogens (primary N) is 1. The molecule has 1 aliphatic rings. The molecule has 0 fully saturated rings. The lowest BCUT2D eigenvalue weighted by atomic mass is 9.91.